The Morgan fingerprint density at radius 3 is 2.34 bits per heavy atom. The molecule has 2 aromatic carbocycles. The van der Waals surface area contributed by atoms with Crippen molar-refractivity contribution in [3.8, 4) is 0 Å². The third-order valence-corrected chi connectivity index (χ3v) is 5.05. The summed E-state index contributed by atoms with van der Waals surface area (Å²) in [6.07, 6.45) is -2.55. The van der Waals surface area contributed by atoms with Crippen LogP contribution in [0.3, 0.4) is 0 Å². The van der Waals surface area contributed by atoms with Crippen LogP contribution in [0, 0.1) is 0 Å². The number of amides is 2. The van der Waals surface area contributed by atoms with Gasteiger partial charge in [-0.25, -0.2) is 8.42 Å². The molecule has 32 heavy (non-hydrogen) atoms. The van der Waals surface area contributed by atoms with E-state index in [1.165, 1.54) is 48.7 Å². The first-order valence-corrected chi connectivity index (χ1v) is 11.1. The molecule has 1 heterocycles. The van der Waals surface area contributed by atoms with Crippen molar-refractivity contribution in [2.45, 2.75) is 11.9 Å². The van der Waals surface area contributed by atoms with Crippen LogP contribution in [0.25, 0.3) is 0 Å². The molecule has 3 aromatic rings. The topological polar surface area (TPSA) is 105 Å². The van der Waals surface area contributed by atoms with Crippen molar-refractivity contribution in [3.63, 3.8) is 0 Å². The van der Waals surface area contributed by atoms with Crippen LogP contribution < -0.4 is 10.6 Å². The number of carbonyl (C=O) groups is 2. The Hall–Kier alpha value is -3.60. The van der Waals surface area contributed by atoms with E-state index in [1.807, 2.05) is 0 Å². The normalized spacial score (nSPS) is 11.8. The first kappa shape index (κ1) is 23.1. The maximum atomic E-state index is 13.6. The molecule has 0 aliphatic heterocycles. The minimum absolute atomic E-state index is 0.00512. The lowest BCUT2D eigenvalue weighted by atomic mass is 10.1. The smallest absolute Gasteiger partial charge is 0.418 e. The van der Waals surface area contributed by atoms with Gasteiger partial charge in [0.2, 0.25) is 0 Å². The Kier molecular flexibility index (Phi) is 6.40. The number of nitrogens with one attached hydrogen (secondary N) is 2. The lowest BCUT2D eigenvalue weighted by Gasteiger charge is -2.16. The molecule has 1 aromatic heterocycles. The van der Waals surface area contributed by atoms with Crippen LogP contribution in [0.15, 0.2) is 65.3 Å². The van der Waals surface area contributed by atoms with E-state index in [9.17, 15) is 31.2 Å². The quantitative estimate of drug-likeness (QED) is 0.562. The Morgan fingerprint density at radius 1 is 0.969 bits per heavy atom. The predicted molar refractivity (Wildman–Crippen MR) is 111 cm³/mol. The highest BCUT2D eigenvalue weighted by Crippen LogP contribution is 2.37. The van der Waals surface area contributed by atoms with Crippen molar-refractivity contribution in [2.75, 3.05) is 16.9 Å². The van der Waals surface area contributed by atoms with E-state index in [0.29, 0.717) is 11.6 Å². The summed E-state index contributed by atoms with van der Waals surface area (Å²) in [5.74, 6) is -1.97. The number of benzene rings is 2. The molecule has 168 valence electrons. The second-order valence-electron chi connectivity index (χ2n) is 6.91. The average molecular weight is 466 g/mol. The number of anilines is 2. The summed E-state index contributed by atoms with van der Waals surface area (Å²) in [4.78, 5) is 24.5. The zero-order valence-corrected chi connectivity index (χ0v) is 17.4. The van der Waals surface area contributed by atoms with Crippen molar-refractivity contribution in [1.82, 2.24) is 0 Å². The molecule has 0 atom stereocenters. The van der Waals surface area contributed by atoms with Crippen molar-refractivity contribution < 1.29 is 35.6 Å². The molecule has 2 N–H and O–H groups in total. The number of hydrogen-bond donors (Lipinski definition) is 2. The van der Waals surface area contributed by atoms with Gasteiger partial charge in [0.15, 0.2) is 15.6 Å². The van der Waals surface area contributed by atoms with E-state index in [1.54, 1.807) is 0 Å². The molecule has 0 radical (unpaired) electrons. The van der Waals surface area contributed by atoms with E-state index in [2.05, 4.69) is 10.6 Å². The molecule has 0 aliphatic carbocycles. The second kappa shape index (κ2) is 8.87. The summed E-state index contributed by atoms with van der Waals surface area (Å²) < 4.78 is 68.6. The van der Waals surface area contributed by atoms with Gasteiger partial charge in [0.05, 0.1) is 23.3 Å². The van der Waals surface area contributed by atoms with Crippen LogP contribution in [0.2, 0.25) is 0 Å². The molecule has 0 unspecified atom stereocenters. The predicted octanol–water partition coefficient (Wildman–Crippen LogP) is 4.35. The Balaban J connectivity index is 1.85. The molecule has 11 heteroatoms. The summed E-state index contributed by atoms with van der Waals surface area (Å²) in [6.45, 7) is 0. The molecule has 0 bridgehead atoms. The minimum Gasteiger partial charge on any atom is -0.459 e. The number of carbonyl (C=O) groups excluding carboxylic acids is 2. The minimum atomic E-state index is -4.83. The molecule has 0 saturated carbocycles. The van der Waals surface area contributed by atoms with Crippen molar-refractivity contribution >= 4 is 33.0 Å². The summed E-state index contributed by atoms with van der Waals surface area (Å²) in [6, 6.07) is 11.3. The van der Waals surface area contributed by atoms with Gasteiger partial charge in [0.1, 0.15) is 0 Å². The van der Waals surface area contributed by atoms with Gasteiger partial charge < -0.3 is 15.1 Å². The van der Waals surface area contributed by atoms with Crippen molar-refractivity contribution in [3.05, 3.63) is 83.3 Å². The fourth-order valence-corrected chi connectivity index (χ4v) is 3.65. The van der Waals surface area contributed by atoms with Gasteiger partial charge in [-0.15, -0.1) is 0 Å². The first-order valence-electron chi connectivity index (χ1n) is 9.06. The van der Waals surface area contributed by atoms with Crippen LogP contribution in [0.4, 0.5) is 24.5 Å². The van der Waals surface area contributed by atoms with Gasteiger partial charge in [-0.1, -0.05) is 12.1 Å². The Labute approximate surface area is 181 Å². The molecular weight excluding hydrogens is 449 g/mol. The van der Waals surface area contributed by atoms with Gasteiger partial charge in [-0.05, 0) is 48.0 Å². The molecule has 0 fully saturated rings. The third-order valence-electron chi connectivity index (χ3n) is 4.19. The van der Waals surface area contributed by atoms with Gasteiger partial charge in [-0.2, -0.15) is 13.2 Å². The Bertz CT molecular complexity index is 1250. The van der Waals surface area contributed by atoms with Crippen LogP contribution in [-0.4, -0.2) is 26.5 Å². The lowest BCUT2D eigenvalue weighted by Crippen LogP contribution is -2.18. The van der Waals surface area contributed by atoms with E-state index in [0.717, 1.165) is 12.3 Å². The average Bonchev–Trinajstić information content (AvgIpc) is 3.22. The van der Waals surface area contributed by atoms with Crippen LogP contribution >= 0.6 is 0 Å². The molecule has 0 saturated heterocycles. The summed E-state index contributed by atoms with van der Waals surface area (Å²) in [7, 11) is -3.36. The number of alkyl halides is 3. The zero-order chi connectivity index (χ0) is 23.5. The van der Waals surface area contributed by atoms with Crippen LogP contribution in [0.5, 0.6) is 0 Å². The van der Waals surface area contributed by atoms with Crippen molar-refractivity contribution in [1.29, 1.82) is 0 Å². The van der Waals surface area contributed by atoms with E-state index >= 15 is 0 Å². The SMILES string of the molecule is CS(=O)(=O)Cc1cccc(C(=O)Nc2ccc(NC(=O)c3ccco3)cc2C(F)(F)F)c1. The van der Waals surface area contributed by atoms with Gasteiger partial charge in [-0.3, -0.25) is 9.59 Å². The fourth-order valence-electron chi connectivity index (χ4n) is 2.87. The zero-order valence-electron chi connectivity index (χ0n) is 16.6. The van der Waals surface area contributed by atoms with Crippen LogP contribution in [0.1, 0.15) is 32.0 Å². The van der Waals surface area contributed by atoms with E-state index in [4.69, 9.17) is 4.42 Å². The van der Waals surface area contributed by atoms with Gasteiger partial charge in [0.25, 0.3) is 11.8 Å². The molecule has 3 rings (SSSR count). The highest BCUT2D eigenvalue weighted by molar-refractivity contribution is 7.89. The largest absolute Gasteiger partial charge is 0.459 e. The first-order chi connectivity index (χ1) is 14.9. The maximum absolute atomic E-state index is 13.6. The number of sulfone groups is 1. The number of hydrogen-bond acceptors (Lipinski definition) is 5. The summed E-state index contributed by atoms with van der Waals surface area (Å²) >= 11 is 0. The lowest BCUT2D eigenvalue weighted by molar-refractivity contribution is -0.136. The maximum Gasteiger partial charge on any atom is 0.418 e. The standard InChI is InChI=1S/C21H17F3N2O5S/c1-32(29,30)12-13-4-2-5-14(10-13)19(27)26-17-8-7-15(11-16(17)21(22,23)24)25-20(28)18-6-3-9-31-18/h2-11H,12H2,1H3,(H,25,28)(H,26,27). The third kappa shape index (κ3) is 5.97. The summed E-state index contributed by atoms with van der Waals surface area (Å²) in [5.41, 5.74) is -1.52. The molecule has 7 nitrogen and oxygen atoms in total. The molecular formula is C21H17F3N2O5S. The molecule has 0 spiro atoms. The molecule has 0 aliphatic rings. The van der Waals surface area contributed by atoms with E-state index < -0.39 is 39.1 Å². The van der Waals surface area contributed by atoms with Crippen molar-refractivity contribution in [2.24, 2.45) is 0 Å². The van der Waals surface area contributed by atoms with E-state index in [-0.39, 0.29) is 22.8 Å². The fraction of sp³-hybridized carbons (Fsp3) is 0.143. The highest BCUT2D eigenvalue weighted by atomic mass is 32.2. The second-order valence-corrected chi connectivity index (χ2v) is 9.05. The summed E-state index contributed by atoms with van der Waals surface area (Å²) in [5, 5.41) is 4.49. The number of rotatable bonds is 6. The highest BCUT2D eigenvalue weighted by Gasteiger charge is 2.34. The Morgan fingerprint density at radius 2 is 1.72 bits per heavy atom. The van der Waals surface area contributed by atoms with Gasteiger partial charge in [0, 0.05) is 17.5 Å². The molecule has 2 amide bonds. The number of halogens is 3. The van der Waals surface area contributed by atoms with Crippen LogP contribution in [-0.2, 0) is 21.8 Å². The van der Waals surface area contributed by atoms with Gasteiger partial charge >= 0.3 is 6.18 Å². The monoisotopic (exact) mass is 466 g/mol. The number of furan rings is 1.